The lowest BCUT2D eigenvalue weighted by Gasteiger charge is -2.19. The highest BCUT2D eigenvalue weighted by atomic mass is 127. The van der Waals surface area contributed by atoms with Gasteiger partial charge in [0.15, 0.2) is 5.96 Å². The van der Waals surface area contributed by atoms with E-state index in [0.717, 1.165) is 11.6 Å². The molecule has 3 rings (SSSR count). The van der Waals surface area contributed by atoms with Gasteiger partial charge in [-0.25, -0.2) is 9.98 Å². The number of benzene rings is 2. The van der Waals surface area contributed by atoms with Gasteiger partial charge in [0.25, 0.3) is 0 Å². The van der Waals surface area contributed by atoms with Crippen LogP contribution in [0.3, 0.4) is 0 Å². The zero-order valence-electron chi connectivity index (χ0n) is 15.0. The summed E-state index contributed by atoms with van der Waals surface area (Å²) in [4.78, 5) is 10.9. The van der Waals surface area contributed by atoms with Gasteiger partial charge in [-0.1, -0.05) is 48.5 Å². The molecule has 26 heavy (non-hydrogen) atoms. The molecule has 0 radical (unpaired) electrons. The Bertz CT molecular complexity index is 813. The first-order valence-electron chi connectivity index (χ1n) is 8.30. The number of halogens is 1. The molecular formula is C20H24IN5. The SMILES string of the molecule is CN(C)C(=NCc1ccccc1)NCc1ccccc1-n1ccnc1.I. The molecule has 0 aliphatic carbocycles. The molecule has 0 fully saturated rings. The van der Waals surface area contributed by atoms with Crippen LogP contribution >= 0.6 is 24.0 Å². The summed E-state index contributed by atoms with van der Waals surface area (Å²) in [6, 6.07) is 18.6. The highest BCUT2D eigenvalue weighted by Gasteiger charge is 2.06. The number of imidazole rings is 1. The minimum Gasteiger partial charge on any atom is -0.352 e. The summed E-state index contributed by atoms with van der Waals surface area (Å²) in [7, 11) is 4.00. The van der Waals surface area contributed by atoms with Crippen molar-refractivity contribution in [2.24, 2.45) is 4.99 Å². The average Bonchev–Trinajstić information content (AvgIpc) is 3.17. The molecule has 0 bridgehead atoms. The molecule has 0 aliphatic rings. The number of para-hydroxylation sites is 1. The van der Waals surface area contributed by atoms with Gasteiger partial charge in [0.2, 0.25) is 0 Å². The Balaban J connectivity index is 0.00000243. The largest absolute Gasteiger partial charge is 0.352 e. The average molecular weight is 461 g/mol. The van der Waals surface area contributed by atoms with E-state index in [1.807, 2.05) is 66.4 Å². The van der Waals surface area contributed by atoms with Crippen LogP contribution in [-0.2, 0) is 13.1 Å². The maximum Gasteiger partial charge on any atom is 0.194 e. The van der Waals surface area contributed by atoms with Crippen LogP contribution in [0.2, 0.25) is 0 Å². The van der Waals surface area contributed by atoms with Crippen LogP contribution in [0.1, 0.15) is 11.1 Å². The summed E-state index contributed by atoms with van der Waals surface area (Å²) in [5.41, 5.74) is 3.51. The predicted molar refractivity (Wildman–Crippen MR) is 117 cm³/mol. The number of nitrogens with one attached hydrogen (secondary N) is 1. The maximum atomic E-state index is 4.71. The van der Waals surface area contributed by atoms with Gasteiger partial charge in [-0.05, 0) is 17.2 Å². The minimum absolute atomic E-state index is 0. The number of hydrogen-bond acceptors (Lipinski definition) is 2. The van der Waals surface area contributed by atoms with Crippen molar-refractivity contribution < 1.29 is 0 Å². The third-order valence-corrected chi connectivity index (χ3v) is 3.89. The van der Waals surface area contributed by atoms with Crippen molar-refractivity contribution in [1.82, 2.24) is 19.8 Å². The third kappa shape index (κ3) is 5.32. The van der Waals surface area contributed by atoms with Crippen LogP contribution in [0.5, 0.6) is 0 Å². The van der Waals surface area contributed by atoms with Crippen LogP contribution in [-0.4, -0.2) is 34.5 Å². The van der Waals surface area contributed by atoms with Gasteiger partial charge in [0.1, 0.15) is 0 Å². The second-order valence-electron chi connectivity index (χ2n) is 5.97. The molecule has 0 saturated carbocycles. The molecule has 3 aromatic rings. The smallest absolute Gasteiger partial charge is 0.194 e. The van der Waals surface area contributed by atoms with Crippen LogP contribution < -0.4 is 5.32 Å². The van der Waals surface area contributed by atoms with E-state index in [2.05, 4.69) is 34.6 Å². The lowest BCUT2D eigenvalue weighted by Crippen LogP contribution is -2.36. The van der Waals surface area contributed by atoms with Crippen molar-refractivity contribution in [1.29, 1.82) is 0 Å². The summed E-state index contributed by atoms with van der Waals surface area (Å²) < 4.78 is 2.02. The van der Waals surface area contributed by atoms with Gasteiger partial charge < -0.3 is 14.8 Å². The first-order valence-corrected chi connectivity index (χ1v) is 8.30. The third-order valence-electron chi connectivity index (χ3n) is 3.89. The second-order valence-corrected chi connectivity index (χ2v) is 5.97. The zero-order valence-corrected chi connectivity index (χ0v) is 17.4. The number of aliphatic imine (C=N–C) groups is 1. The molecule has 1 heterocycles. The van der Waals surface area contributed by atoms with Crippen molar-refractivity contribution in [3.05, 3.63) is 84.4 Å². The number of rotatable bonds is 5. The van der Waals surface area contributed by atoms with E-state index in [0.29, 0.717) is 13.1 Å². The standard InChI is InChI=1S/C20H23N5.HI/c1-24(2)20(22-14-17-8-4-3-5-9-17)23-15-18-10-6-7-11-19(18)25-13-12-21-16-25;/h3-13,16H,14-15H2,1-2H3,(H,22,23);1H. The summed E-state index contributed by atoms with van der Waals surface area (Å²) in [5.74, 6) is 0.865. The predicted octanol–water partition coefficient (Wildman–Crippen LogP) is 3.70. The molecule has 0 amide bonds. The normalized spacial score (nSPS) is 10.9. The van der Waals surface area contributed by atoms with Gasteiger partial charge in [-0.3, -0.25) is 0 Å². The van der Waals surface area contributed by atoms with E-state index >= 15 is 0 Å². The van der Waals surface area contributed by atoms with Gasteiger partial charge in [-0.15, -0.1) is 24.0 Å². The fraction of sp³-hybridized carbons (Fsp3) is 0.200. The quantitative estimate of drug-likeness (QED) is 0.358. The Morgan fingerprint density at radius 3 is 2.50 bits per heavy atom. The van der Waals surface area contributed by atoms with Crippen molar-refractivity contribution in [3.8, 4) is 5.69 Å². The van der Waals surface area contributed by atoms with E-state index in [1.165, 1.54) is 11.1 Å². The molecular weight excluding hydrogens is 437 g/mol. The van der Waals surface area contributed by atoms with Crippen LogP contribution in [0.15, 0.2) is 78.3 Å². The Labute approximate surface area is 171 Å². The fourth-order valence-electron chi connectivity index (χ4n) is 2.59. The molecule has 136 valence electrons. The molecule has 0 unspecified atom stereocenters. The highest BCUT2D eigenvalue weighted by molar-refractivity contribution is 14.0. The van der Waals surface area contributed by atoms with E-state index in [9.17, 15) is 0 Å². The van der Waals surface area contributed by atoms with E-state index in [4.69, 9.17) is 4.99 Å². The Morgan fingerprint density at radius 2 is 1.81 bits per heavy atom. The number of aromatic nitrogens is 2. The summed E-state index contributed by atoms with van der Waals surface area (Å²) in [6.07, 6.45) is 5.56. The van der Waals surface area contributed by atoms with Gasteiger partial charge in [0, 0.05) is 33.0 Å². The van der Waals surface area contributed by atoms with E-state index < -0.39 is 0 Å². The van der Waals surface area contributed by atoms with Crippen molar-refractivity contribution in [2.75, 3.05) is 14.1 Å². The zero-order chi connectivity index (χ0) is 17.5. The van der Waals surface area contributed by atoms with E-state index in [-0.39, 0.29) is 24.0 Å². The van der Waals surface area contributed by atoms with Crippen LogP contribution in [0, 0.1) is 0 Å². The first kappa shape index (κ1) is 20.0. The summed E-state index contributed by atoms with van der Waals surface area (Å²) in [6.45, 7) is 1.35. The summed E-state index contributed by atoms with van der Waals surface area (Å²) >= 11 is 0. The highest BCUT2D eigenvalue weighted by Crippen LogP contribution is 2.14. The lowest BCUT2D eigenvalue weighted by molar-refractivity contribution is 0.578. The van der Waals surface area contributed by atoms with Crippen molar-refractivity contribution >= 4 is 29.9 Å². The monoisotopic (exact) mass is 461 g/mol. The van der Waals surface area contributed by atoms with Gasteiger partial charge in [-0.2, -0.15) is 0 Å². The first-order chi connectivity index (χ1) is 12.2. The Morgan fingerprint density at radius 1 is 1.08 bits per heavy atom. The van der Waals surface area contributed by atoms with Crippen molar-refractivity contribution in [3.63, 3.8) is 0 Å². The Kier molecular flexibility index (Phi) is 7.65. The number of hydrogen-bond donors (Lipinski definition) is 1. The molecule has 0 saturated heterocycles. The van der Waals surface area contributed by atoms with Crippen LogP contribution in [0.25, 0.3) is 5.69 Å². The fourth-order valence-corrected chi connectivity index (χ4v) is 2.59. The number of guanidine groups is 1. The molecule has 0 spiro atoms. The maximum absolute atomic E-state index is 4.71. The number of nitrogens with zero attached hydrogens (tertiary/aromatic N) is 4. The summed E-state index contributed by atoms with van der Waals surface area (Å²) in [5, 5.41) is 3.45. The second kappa shape index (κ2) is 9.96. The van der Waals surface area contributed by atoms with E-state index in [1.54, 1.807) is 6.20 Å². The van der Waals surface area contributed by atoms with Crippen LogP contribution in [0.4, 0.5) is 0 Å². The minimum atomic E-state index is 0. The molecule has 6 heteroatoms. The molecule has 1 N–H and O–H groups in total. The Hall–Kier alpha value is -2.35. The molecule has 0 aliphatic heterocycles. The molecule has 0 atom stereocenters. The van der Waals surface area contributed by atoms with Crippen molar-refractivity contribution in [2.45, 2.75) is 13.1 Å². The lowest BCUT2D eigenvalue weighted by atomic mass is 10.1. The molecule has 1 aromatic heterocycles. The van der Waals surface area contributed by atoms with Gasteiger partial charge >= 0.3 is 0 Å². The molecule has 5 nitrogen and oxygen atoms in total. The molecule has 2 aromatic carbocycles. The van der Waals surface area contributed by atoms with Gasteiger partial charge in [0.05, 0.1) is 18.6 Å². The topological polar surface area (TPSA) is 45.5 Å².